The summed E-state index contributed by atoms with van der Waals surface area (Å²) in [5.74, 6) is -0.368. The third-order valence-corrected chi connectivity index (χ3v) is 3.30. The molecule has 0 heterocycles. The molecule has 0 bridgehead atoms. The lowest BCUT2D eigenvalue weighted by Crippen LogP contribution is -2.21. The van der Waals surface area contributed by atoms with Crippen LogP contribution in [-0.4, -0.2) is 6.54 Å². The summed E-state index contributed by atoms with van der Waals surface area (Å²) in [6, 6.07) is 11.4. The molecule has 0 saturated carbocycles. The predicted molar refractivity (Wildman–Crippen MR) is 78.3 cm³/mol. The largest absolute Gasteiger partial charge is 0.377 e. The molecule has 100 valence electrons. The molecular formula is C14H13Cl2FN2. The van der Waals surface area contributed by atoms with E-state index < -0.39 is 0 Å². The highest BCUT2D eigenvalue weighted by Gasteiger charge is 2.13. The average molecular weight is 299 g/mol. The molecule has 0 aliphatic rings. The van der Waals surface area contributed by atoms with Gasteiger partial charge >= 0.3 is 0 Å². The Balaban J connectivity index is 2.25. The minimum atomic E-state index is -0.368. The van der Waals surface area contributed by atoms with Gasteiger partial charge in [0.1, 0.15) is 5.82 Å². The van der Waals surface area contributed by atoms with Gasteiger partial charge in [0.2, 0.25) is 0 Å². The molecule has 19 heavy (non-hydrogen) atoms. The van der Waals surface area contributed by atoms with Gasteiger partial charge in [0.25, 0.3) is 0 Å². The van der Waals surface area contributed by atoms with Crippen LogP contribution in [0.1, 0.15) is 11.6 Å². The summed E-state index contributed by atoms with van der Waals surface area (Å²) in [4.78, 5) is 0. The number of benzene rings is 2. The van der Waals surface area contributed by atoms with Crippen molar-refractivity contribution in [3.63, 3.8) is 0 Å². The van der Waals surface area contributed by atoms with Gasteiger partial charge in [-0.25, -0.2) is 4.39 Å². The van der Waals surface area contributed by atoms with Gasteiger partial charge in [-0.05, 0) is 35.9 Å². The third kappa shape index (κ3) is 3.60. The van der Waals surface area contributed by atoms with Crippen LogP contribution in [0.3, 0.4) is 0 Å². The van der Waals surface area contributed by atoms with Crippen LogP contribution in [0.15, 0.2) is 42.5 Å². The molecule has 0 saturated heterocycles. The van der Waals surface area contributed by atoms with E-state index in [-0.39, 0.29) is 11.9 Å². The monoisotopic (exact) mass is 298 g/mol. The van der Waals surface area contributed by atoms with E-state index in [9.17, 15) is 4.39 Å². The maximum Gasteiger partial charge on any atom is 0.124 e. The van der Waals surface area contributed by atoms with Gasteiger partial charge in [0, 0.05) is 22.3 Å². The molecule has 0 aliphatic heterocycles. The van der Waals surface area contributed by atoms with E-state index in [0.29, 0.717) is 16.6 Å². The first kappa shape index (κ1) is 14.1. The van der Waals surface area contributed by atoms with E-state index in [1.54, 1.807) is 18.2 Å². The molecule has 2 nitrogen and oxygen atoms in total. The second kappa shape index (κ2) is 6.24. The molecule has 0 aromatic heterocycles. The van der Waals surface area contributed by atoms with Crippen molar-refractivity contribution in [1.29, 1.82) is 0 Å². The van der Waals surface area contributed by atoms with Crippen molar-refractivity contribution < 1.29 is 4.39 Å². The quantitative estimate of drug-likeness (QED) is 0.886. The summed E-state index contributed by atoms with van der Waals surface area (Å²) >= 11 is 12.0. The van der Waals surface area contributed by atoms with Crippen LogP contribution in [-0.2, 0) is 0 Å². The Labute approximate surface area is 121 Å². The van der Waals surface area contributed by atoms with Crippen LogP contribution in [0.4, 0.5) is 10.1 Å². The fraction of sp³-hybridized carbons (Fsp3) is 0.143. The topological polar surface area (TPSA) is 38.0 Å². The summed E-state index contributed by atoms with van der Waals surface area (Å²) in [5.41, 5.74) is 7.34. The van der Waals surface area contributed by atoms with E-state index in [2.05, 4.69) is 5.32 Å². The van der Waals surface area contributed by atoms with Crippen molar-refractivity contribution in [2.24, 2.45) is 5.73 Å². The molecule has 1 unspecified atom stereocenters. The molecule has 0 radical (unpaired) electrons. The number of nitrogens with one attached hydrogen (secondary N) is 1. The summed E-state index contributed by atoms with van der Waals surface area (Å²) < 4.78 is 13.0. The van der Waals surface area contributed by atoms with Gasteiger partial charge < -0.3 is 11.1 Å². The molecule has 0 amide bonds. The van der Waals surface area contributed by atoms with E-state index >= 15 is 0 Å². The highest BCUT2D eigenvalue weighted by atomic mass is 35.5. The van der Waals surface area contributed by atoms with Gasteiger partial charge in [-0.3, -0.25) is 0 Å². The van der Waals surface area contributed by atoms with E-state index in [4.69, 9.17) is 28.9 Å². The molecule has 2 aromatic rings. The van der Waals surface area contributed by atoms with Crippen LogP contribution < -0.4 is 11.1 Å². The second-order valence-electron chi connectivity index (χ2n) is 4.11. The lowest BCUT2D eigenvalue weighted by Gasteiger charge is -2.20. The minimum absolute atomic E-state index is 0.202. The van der Waals surface area contributed by atoms with E-state index in [1.807, 2.05) is 12.1 Å². The number of anilines is 1. The lowest BCUT2D eigenvalue weighted by atomic mass is 10.1. The van der Waals surface area contributed by atoms with E-state index in [0.717, 1.165) is 11.3 Å². The van der Waals surface area contributed by atoms with Crippen LogP contribution in [0, 0.1) is 5.82 Å². The van der Waals surface area contributed by atoms with Crippen molar-refractivity contribution in [2.75, 3.05) is 11.9 Å². The van der Waals surface area contributed by atoms with Gasteiger partial charge in [-0.1, -0.05) is 35.3 Å². The number of nitrogens with two attached hydrogens (primary N) is 1. The minimum Gasteiger partial charge on any atom is -0.377 e. The Kier molecular flexibility index (Phi) is 4.64. The lowest BCUT2D eigenvalue weighted by molar-refractivity contribution is 0.626. The Morgan fingerprint density at radius 3 is 2.58 bits per heavy atom. The summed E-state index contributed by atoms with van der Waals surface area (Å²) in [6.45, 7) is 0.331. The molecule has 2 aromatic carbocycles. The normalized spacial score (nSPS) is 12.2. The van der Waals surface area contributed by atoms with Crippen LogP contribution in [0.2, 0.25) is 10.0 Å². The molecular weight excluding hydrogens is 286 g/mol. The SMILES string of the molecule is NCC(Nc1cccc(Cl)c1)c1ccc(F)cc1Cl. The molecule has 2 rings (SSSR count). The summed E-state index contributed by atoms with van der Waals surface area (Å²) in [7, 11) is 0. The molecule has 5 heteroatoms. The fourth-order valence-electron chi connectivity index (χ4n) is 1.83. The predicted octanol–water partition coefficient (Wildman–Crippen LogP) is 4.24. The van der Waals surface area contributed by atoms with Crippen molar-refractivity contribution in [3.8, 4) is 0 Å². The first-order chi connectivity index (χ1) is 9.10. The highest BCUT2D eigenvalue weighted by Crippen LogP contribution is 2.27. The summed E-state index contributed by atoms with van der Waals surface area (Å²) in [5, 5.41) is 4.21. The molecule has 0 spiro atoms. The van der Waals surface area contributed by atoms with Crippen molar-refractivity contribution >= 4 is 28.9 Å². The fourth-order valence-corrected chi connectivity index (χ4v) is 2.32. The average Bonchev–Trinajstić information content (AvgIpc) is 2.37. The molecule has 1 atom stereocenters. The zero-order valence-corrected chi connectivity index (χ0v) is 11.5. The number of rotatable bonds is 4. The Hall–Kier alpha value is -1.29. The van der Waals surface area contributed by atoms with Gasteiger partial charge in [0.15, 0.2) is 0 Å². The summed E-state index contributed by atoms with van der Waals surface area (Å²) in [6.07, 6.45) is 0. The maximum atomic E-state index is 13.0. The Morgan fingerprint density at radius 2 is 1.95 bits per heavy atom. The number of hydrogen-bond acceptors (Lipinski definition) is 2. The second-order valence-corrected chi connectivity index (χ2v) is 4.95. The molecule has 0 aliphatic carbocycles. The number of halogens is 3. The van der Waals surface area contributed by atoms with E-state index in [1.165, 1.54) is 12.1 Å². The maximum absolute atomic E-state index is 13.0. The first-order valence-corrected chi connectivity index (χ1v) is 6.53. The van der Waals surface area contributed by atoms with Crippen molar-refractivity contribution in [3.05, 3.63) is 63.9 Å². The van der Waals surface area contributed by atoms with Gasteiger partial charge in [-0.15, -0.1) is 0 Å². The van der Waals surface area contributed by atoms with Gasteiger partial charge in [-0.2, -0.15) is 0 Å². The van der Waals surface area contributed by atoms with Crippen LogP contribution >= 0.6 is 23.2 Å². The zero-order chi connectivity index (χ0) is 13.8. The first-order valence-electron chi connectivity index (χ1n) is 5.77. The van der Waals surface area contributed by atoms with Crippen molar-refractivity contribution in [1.82, 2.24) is 0 Å². The highest BCUT2D eigenvalue weighted by molar-refractivity contribution is 6.31. The third-order valence-electron chi connectivity index (χ3n) is 2.74. The molecule has 0 fully saturated rings. The molecule has 3 N–H and O–H groups in total. The Bertz CT molecular complexity index is 575. The zero-order valence-electron chi connectivity index (χ0n) is 10.0. The smallest absolute Gasteiger partial charge is 0.124 e. The van der Waals surface area contributed by atoms with Crippen LogP contribution in [0.5, 0.6) is 0 Å². The Morgan fingerprint density at radius 1 is 1.16 bits per heavy atom. The van der Waals surface area contributed by atoms with Gasteiger partial charge in [0.05, 0.1) is 6.04 Å². The van der Waals surface area contributed by atoms with Crippen molar-refractivity contribution in [2.45, 2.75) is 6.04 Å². The standard InChI is InChI=1S/C14H13Cl2FN2/c15-9-2-1-3-11(6-9)19-14(8-18)12-5-4-10(17)7-13(12)16/h1-7,14,19H,8,18H2. The van der Waals surface area contributed by atoms with Crippen LogP contribution in [0.25, 0.3) is 0 Å². The number of hydrogen-bond donors (Lipinski definition) is 2.